The highest BCUT2D eigenvalue weighted by atomic mass is 32.2. The molecule has 0 aromatic carbocycles. The van der Waals surface area contributed by atoms with Gasteiger partial charge in [0.05, 0.1) is 0 Å². The lowest BCUT2D eigenvalue weighted by atomic mass is 10.0. The van der Waals surface area contributed by atoms with Crippen molar-refractivity contribution in [2.24, 2.45) is 7.05 Å². The highest BCUT2D eigenvalue weighted by molar-refractivity contribution is 7.99. The van der Waals surface area contributed by atoms with Crippen LogP contribution < -0.4 is 11.1 Å². The number of hydrogen-bond donors (Lipinski definition) is 2. The summed E-state index contributed by atoms with van der Waals surface area (Å²) in [6.07, 6.45) is 5.18. The van der Waals surface area contributed by atoms with Gasteiger partial charge in [0.25, 0.3) is 0 Å². The summed E-state index contributed by atoms with van der Waals surface area (Å²) >= 11 is 1.73. The second-order valence-corrected chi connectivity index (χ2v) is 5.25. The average molecular weight is 241 g/mol. The molecule has 1 fully saturated rings. The molecule has 5 nitrogen and oxygen atoms in total. The summed E-state index contributed by atoms with van der Waals surface area (Å²) in [5.74, 6) is 1.56. The van der Waals surface area contributed by atoms with Gasteiger partial charge in [-0.1, -0.05) is 18.2 Å². The zero-order chi connectivity index (χ0) is 11.4. The summed E-state index contributed by atoms with van der Waals surface area (Å²) in [7, 11) is 1.90. The molecule has 0 amide bonds. The van der Waals surface area contributed by atoms with E-state index < -0.39 is 0 Å². The number of hydrogen-bond acceptors (Lipinski definition) is 5. The Kier molecular flexibility index (Phi) is 4.06. The number of nitrogens with zero attached hydrogens (tertiary/aromatic N) is 3. The second-order valence-electron chi connectivity index (χ2n) is 4.18. The zero-order valence-electron chi connectivity index (χ0n) is 9.65. The number of nitrogens with one attached hydrogen (secondary N) is 1. The predicted octanol–water partition coefficient (Wildman–Crippen LogP) is 1.02. The van der Waals surface area contributed by atoms with Crippen molar-refractivity contribution in [1.29, 1.82) is 0 Å². The van der Waals surface area contributed by atoms with Crippen LogP contribution in [0.4, 0.5) is 5.95 Å². The molecule has 0 radical (unpaired) electrons. The molecular weight excluding hydrogens is 222 g/mol. The lowest BCUT2D eigenvalue weighted by Gasteiger charge is -2.22. The molecule has 16 heavy (non-hydrogen) atoms. The number of nitrogen functional groups attached to an aromatic ring is 1. The van der Waals surface area contributed by atoms with Crippen LogP contribution >= 0.6 is 11.8 Å². The number of rotatable bonds is 4. The molecule has 1 atom stereocenters. The van der Waals surface area contributed by atoms with E-state index in [-0.39, 0.29) is 0 Å². The van der Waals surface area contributed by atoms with E-state index in [1.807, 2.05) is 11.6 Å². The Bertz CT molecular complexity index is 332. The van der Waals surface area contributed by atoms with Gasteiger partial charge in [-0.15, -0.1) is 10.2 Å². The fraction of sp³-hybridized carbons (Fsp3) is 0.800. The van der Waals surface area contributed by atoms with Crippen molar-refractivity contribution in [2.75, 3.05) is 18.0 Å². The van der Waals surface area contributed by atoms with E-state index in [1.54, 1.807) is 11.8 Å². The molecule has 0 saturated carbocycles. The van der Waals surface area contributed by atoms with Gasteiger partial charge in [0.15, 0.2) is 5.16 Å². The number of nitrogens with two attached hydrogens (primary N) is 1. The summed E-state index contributed by atoms with van der Waals surface area (Å²) in [4.78, 5) is 0. The Labute approximate surface area is 100 Å². The normalized spacial score (nSPS) is 21.2. The van der Waals surface area contributed by atoms with Gasteiger partial charge in [-0.2, -0.15) is 0 Å². The lowest BCUT2D eigenvalue weighted by molar-refractivity contribution is 0.394. The van der Waals surface area contributed by atoms with Crippen molar-refractivity contribution < 1.29 is 0 Å². The monoisotopic (exact) mass is 241 g/mol. The van der Waals surface area contributed by atoms with Crippen LogP contribution in [0.3, 0.4) is 0 Å². The van der Waals surface area contributed by atoms with Gasteiger partial charge >= 0.3 is 0 Å². The standard InChI is InChI=1S/C10H19N5S/c1-15-9(11)13-14-10(15)16-7-5-8-4-2-3-6-12-8/h8,12H,2-7H2,1H3,(H2,11,13). The van der Waals surface area contributed by atoms with Crippen LogP contribution in [0.2, 0.25) is 0 Å². The van der Waals surface area contributed by atoms with Crippen LogP contribution in [0.25, 0.3) is 0 Å². The third-order valence-corrected chi connectivity index (χ3v) is 4.03. The SMILES string of the molecule is Cn1c(N)nnc1SCCC1CCCCN1. The Morgan fingerprint density at radius 2 is 2.38 bits per heavy atom. The summed E-state index contributed by atoms with van der Waals surface area (Å²) in [6.45, 7) is 1.17. The van der Waals surface area contributed by atoms with Crippen molar-refractivity contribution in [3.63, 3.8) is 0 Å². The second kappa shape index (κ2) is 5.54. The smallest absolute Gasteiger partial charge is 0.222 e. The van der Waals surface area contributed by atoms with Crippen LogP contribution in [0, 0.1) is 0 Å². The number of piperidine rings is 1. The highest BCUT2D eigenvalue weighted by Gasteiger charge is 2.13. The Hall–Kier alpha value is -0.750. The van der Waals surface area contributed by atoms with E-state index in [4.69, 9.17) is 5.73 Å². The fourth-order valence-electron chi connectivity index (χ4n) is 1.91. The first-order valence-corrected chi connectivity index (χ1v) is 6.77. The molecule has 1 aromatic heterocycles. The first kappa shape index (κ1) is 11.7. The molecule has 1 saturated heterocycles. The van der Waals surface area contributed by atoms with Crippen LogP contribution in [0.15, 0.2) is 5.16 Å². The molecule has 1 aliphatic heterocycles. The molecule has 0 spiro atoms. The van der Waals surface area contributed by atoms with Crippen LogP contribution in [-0.2, 0) is 7.05 Å². The zero-order valence-corrected chi connectivity index (χ0v) is 10.5. The van der Waals surface area contributed by atoms with Crippen molar-refractivity contribution in [1.82, 2.24) is 20.1 Å². The Morgan fingerprint density at radius 3 is 3.00 bits per heavy atom. The summed E-state index contributed by atoms with van der Waals surface area (Å²) in [5.41, 5.74) is 5.62. The van der Waals surface area contributed by atoms with Gasteiger partial charge in [0.2, 0.25) is 5.95 Å². The maximum Gasteiger partial charge on any atom is 0.222 e. The quantitative estimate of drug-likeness (QED) is 0.770. The van der Waals surface area contributed by atoms with Crippen LogP contribution in [0.5, 0.6) is 0 Å². The molecule has 2 rings (SSSR count). The van der Waals surface area contributed by atoms with Gasteiger partial charge in [-0.3, -0.25) is 4.57 Å². The van der Waals surface area contributed by atoms with Gasteiger partial charge in [0.1, 0.15) is 0 Å². The third-order valence-electron chi connectivity index (χ3n) is 2.98. The fourth-order valence-corrected chi connectivity index (χ4v) is 2.89. The average Bonchev–Trinajstić information content (AvgIpc) is 2.62. The third kappa shape index (κ3) is 2.89. The minimum absolute atomic E-state index is 0.485. The van der Waals surface area contributed by atoms with Gasteiger partial charge in [-0.25, -0.2) is 0 Å². The van der Waals surface area contributed by atoms with E-state index in [2.05, 4.69) is 15.5 Å². The summed E-state index contributed by atoms with van der Waals surface area (Å²) in [6, 6.07) is 0.687. The first-order valence-electron chi connectivity index (χ1n) is 5.78. The summed E-state index contributed by atoms with van der Waals surface area (Å²) in [5, 5.41) is 12.3. The van der Waals surface area contributed by atoms with Crippen molar-refractivity contribution in [3.8, 4) is 0 Å². The highest BCUT2D eigenvalue weighted by Crippen LogP contribution is 2.19. The topological polar surface area (TPSA) is 68.8 Å². The van der Waals surface area contributed by atoms with Gasteiger partial charge in [0, 0.05) is 18.8 Å². The molecule has 3 N–H and O–H groups in total. The maximum absolute atomic E-state index is 5.62. The molecular formula is C10H19N5S. The molecule has 6 heteroatoms. The Balaban J connectivity index is 1.73. The predicted molar refractivity (Wildman–Crippen MR) is 66.4 cm³/mol. The minimum atomic E-state index is 0.485. The number of thioether (sulfide) groups is 1. The molecule has 1 unspecified atom stereocenters. The van der Waals surface area contributed by atoms with E-state index in [1.165, 1.54) is 32.2 Å². The van der Waals surface area contributed by atoms with E-state index in [0.717, 1.165) is 10.9 Å². The molecule has 2 heterocycles. The van der Waals surface area contributed by atoms with Crippen LogP contribution in [0.1, 0.15) is 25.7 Å². The minimum Gasteiger partial charge on any atom is -0.368 e. The lowest BCUT2D eigenvalue weighted by Crippen LogP contribution is -2.34. The largest absolute Gasteiger partial charge is 0.368 e. The molecule has 90 valence electrons. The van der Waals surface area contributed by atoms with Crippen LogP contribution in [-0.4, -0.2) is 33.1 Å². The van der Waals surface area contributed by atoms with Crippen molar-refractivity contribution in [3.05, 3.63) is 0 Å². The van der Waals surface area contributed by atoms with Gasteiger partial charge < -0.3 is 11.1 Å². The molecule has 1 aliphatic rings. The van der Waals surface area contributed by atoms with E-state index in [9.17, 15) is 0 Å². The van der Waals surface area contributed by atoms with Gasteiger partial charge in [-0.05, 0) is 25.8 Å². The van der Waals surface area contributed by atoms with E-state index in [0.29, 0.717) is 12.0 Å². The molecule has 0 aliphatic carbocycles. The summed E-state index contributed by atoms with van der Waals surface area (Å²) < 4.78 is 1.83. The number of aromatic nitrogens is 3. The maximum atomic E-state index is 5.62. The number of anilines is 1. The first-order chi connectivity index (χ1) is 7.77. The van der Waals surface area contributed by atoms with Crippen molar-refractivity contribution >= 4 is 17.7 Å². The molecule has 1 aromatic rings. The molecule has 0 bridgehead atoms. The van der Waals surface area contributed by atoms with Crippen molar-refractivity contribution in [2.45, 2.75) is 36.9 Å². The Morgan fingerprint density at radius 1 is 1.50 bits per heavy atom. The van der Waals surface area contributed by atoms with E-state index >= 15 is 0 Å².